The normalized spacial score (nSPS) is 9.44. The standard InChI is InChI=1S/C4H6O2.C3H5F3.CH3F.F4S.S6/c1-3(5)4(2)6;1-3(5,6)2-4;1-2;1-5(2,3)4;1-3-5-6-4-2/h1-2H3;2H2,1H3;1H3;;. The highest BCUT2D eigenvalue weighted by Gasteiger charge is 2.19. The van der Waals surface area contributed by atoms with E-state index in [2.05, 4.69) is 22.4 Å². The molecule has 0 aromatic heterocycles. The summed E-state index contributed by atoms with van der Waals surface area (Å²) in [6.45, 7) is 1.48. The van der Waals surface area contributed by atoms with Gasteiger partial charge in [-0.25, -0.2) is 13.2 Å². The highest BCUT2D eigenvalue weighted by Crippen LogP contribution is 2.54. The van der Waals surface area contributed by atoms with Crippen LogP contribution in [0.2, 0.25) is 0 Å². The van der Waals surface area contributed by atoms with Crippen LogP contribution in [0.1, 0.15) is 20.8 Å². The van der Waals surface area contributed by atoms with Crippen molar-refractivity contribution in [1.29, 1.82) is 0 Å². The molecule has 0 bridgehead atoms. The van der Waals surface area contributed by atoms with E-state index in [1.54, 1.807) is 0 Å². The third kappa shape index (κ3) is 113. The highest BCUT2D eigenvalue weighted by atomic mass is 33.3. The Morgan fingerprint density at radius 1 is 0.920 bits per heavy atom. The van der Waals surface area contributed by atoms with Gasteiger partial charge < -0.3 is 0 Å². The van der Waals surface area contributed by atoms with Crippen LogP contribution in [0.25, 0.3) is 0 Å². The van der Waals surface area contributed by atoms with E-state index in [-0.39, 0.29) is 11.6 Å². The topological polar surface area (TPSA) is 34.1 Å². The van der Waals surface area contributed by atoms with Crippen LogP contribution < -0.4 is 0 Å². The molecule has 0 aliphatic rings. The van der Waals surface area contributed by atoms with Gasteiger partial charge in [0.25, 0.3) is 5.92 Å². The van der Waals surface area contributed by atoms with E-state index >= 15 is 0 Å². The van der Waals surface area contributed by atoms with E-state index in [4.69, 9.17) is 0 Å². The summed E-state index contributed by atoms with van der Waals surface area (Å²) in [5.74, 6) is -3.88. The molecule has 0 rings (SSSR count). The molecule has 0 amide bonds. The van der Waals surface area contributed by atoms with E-state index in [1.807, 2.05) is 0 Å². The maximum atomic E-state index is 11.1. The van der Waals surface area contributed by atoms with Crippen molar-refractivity contribution in [1.82, 2.24) is 0 Å². The molecular formula is C8H14F8O2S7. The number of alkyl halides is 4. The second kappa shape index (κ2) is 24.5. The molecule has 0 saturated heterocycles. The summed E-state index contributed by atoms with van der Waals surface area (Å²) in [6, 6.07) is 0. The quantitative estimate of drug-likeness (QED) is 0.393. The van der Waals surface area contributed by atoms with Gasteiger partial charge in [0.1, 0.15) is 0 Å². The number of hydrogen-bond donors (Lipinski definition) is 0. The van der Waals surface area contributed by atoms with E-state index in [9.17, 15) is 42.7 Å². The Bertz CT molecular complexity index is 458. The van der Waals surface area contributed by atoms with Crippen molar-refractivity contribution in [2.75, 3.05) is 13.9 Å². The molecule has 0 unspecified atom stereocenters. The zero-order valence-electron chi connectivity index (χ0n) is 12.9. The molecule has 0 aliphatic carbocycles. The van der Waals surface area contributed by atoms with Crippen molar-refractivity contribution < 1.29 is 42.7 Å². The molecule has 156 valence electrons. The third-order valence-corrected chi connectivity index (χ3v) is 7.48. The first-order chi connectivity index (χ1) is 11.1. The summed E-state index contributed by atoms with van der Waals surface area (Å²) < 4.78 is 81.5. The molecule has 0 heterocycles. The minimum absolute atomic E-state index is 0.380. The maximum Gasteiger partial charge on any atom is 0.379 e. The monoisotopic (exact) mass is 518 g/mol. The number of Topliss-reactive ketones (excluding diaryl/α,β-unsaturated/α-hetero) is 2. The second-order valence-electron chi connectivity index (χ2n) is 2.94. The van der Waals surface area contributed by atoms with Crippen LogP contribution in [-0.4, -0.2) is 31.3 Å². The number of halogens is 8. The van der Waals surface area contributed by atoms with Crippen LogP contribution in [0.5, 0.6) is 0 Å². The Kier molecular flexibility index (Phi) is 35.6. The molecule has 0 fully saturated rings. The lowest BCUT2D eigenvalue weighted by atomic mass is 10.3. The third-order valence-electron chi connectivity index (χ3n) is 0.814. The van der Waals surface area contributed by atoms with Gasteiger partial charge in [0.15, 0.2) is 18.2 Å². The lowest BCUT2D eigenvalue weighted by Crippen LogP contribution is -2.10. The Morgan fingerprint density at radius 2 is 1.08 bits per heavy atom. The first-order valence-corrected chi connectivity index (χ1v) is 12.9. The molecule has 0 aromatic carbocycles. The lowest BCUT2D eigenvalue weighted by Gasteiger charge is -1.99. The van der Waals surface area contributed by atoms with Crippen molar-refractivity contribution in [2.24, 2.45) is 0 Å². The average Bonchev–Trinajstić information content (AvgIpc) is 2.46. The molecule has 0 aromatic rings. The van der Waals surface area contributed by atoms with E-state index < -0.39 is 24.2 Å². The first kappa shape index (κ1) is 36.4. The Hall–Kier alpha value is 0.450. The van der Waals surface area contributed by atoms with Gasteiger partial charge >= 0.3 is 11.6 Å². The van der Waals surface area contributed by atoms with Gasteiger partial charge in [0.2, 0.25) is 0 Å². The van der Waals surface area contributed by atoms with Crippen LogP contribution in [0, 0.1) is 0 Å². The summed E-state index contributed by atoms with van der Waals surface area (Å²) in [5.41, 5.74) is 0. The largest absolute Gasteiger partial charge is 0.379 e. The van der Waals surface area contributed by atoms with Crippen LogP contribution in [0.15, 0.2) is 0 Å². The van der Waals surface area contributed by atoms with E-state index in [0.29, 0.717) is 14.1 Å². The second-order valence-corrected chi connectivity index (χ2v) is 10.7. The molecule has 2 nitrogen and oxygen atoms in total. The van der Waals surface area contributed by atoms with Crippen LogP contribution in [0.3, 0.4) is 0 Å². The van der Waals surface area contributed by atoms with Crippen molar-refractivity contribution in [3.05, 3.63) is 0 Å². The van der Waals surface area contributed by atoms with Gasteiger partial charge in [-0.2, -0.15) is 0 Å². The molecule has 0 spiro atoms. The Morgan fingerprint density at radius 3 is 1.12 bits per heavy atom. The minimum Gasteiger partial charge on any atom is -0.291 e. The molecule has 0 N–H and O–H groups in total. The zero-order chi connectivity index (χ0) is 21.7. The minimum atomic E-state index is -6.17. The summed E-state index contributed by atoms with van der Waals surface area (Å²) in [5, 5.41) is 0. The molecule has 0 saturated carbocycles. The maximum absolute atomic E-state index is 11.1. The average molecular weight is 519 g/mol. The van der Waals surface area contributed by atoms with E-state index in [0.717, 1.165) is 0 Å². The number of carbonyl (C=O) groups excluding carboxylic acids is 2. The summed E-state index contributed by atoms with van der Waals surface area (Å²) >= 11 is 2.87. The highest BCUT2D eigenvalue weighted by molar-refractivity contribution is 8.64. The van der Waals surface area contributed by atoms with E-state index in [1.165, 1.54) is 49.4 Å². The van der Waals surface area contributed by atoms with Crippen molar-refractivity contribution in [3.63, 3.8) is 0 Å². The molecule has 0 aliphatic heterocycles. The fourth-order valence-corrected chi connectivity index (χ4v) is 5.51. The predicted molar refractivity (Wildman–Crippen MR) is 101 cm³/mol. The molecule has 0 radical (unpaired) electrons. The summed E-state index contributed by atoms with van der Waals surface area (Å²) in [4.78, 5) is 19.6. The van der Waals surface area contributed by atoms with Gasteiger partial charge in [-0.3, -0.25) is 14.0 Å². The Labute approximate surface area is 163 Å². The van der Waals surface area contributed by atoms with Crippen LogP contribution in [-0.2, 0) is 67.5 Å². The fourth-order valence-electron chi connectivity index (χ4n) is 0.0227. The number of hydrogen-bond acceptors (Lipinski definition) is 4. The first-order valence-electron chi connectivity index (χ1n) is 4.99. The van der Waals surface area contributed by atoms with Crippen LogP contribution in [0.4, 0.5) is 33.1 Å². The van der Waals surface area contributed by atoms with Crippen molar-refractivity contribution in [3.8, 4) is 0 Å². The zero-order valence-corrected chi connectivity index (χ0v) is 18.6. The van der Waals surface area contributed by atoms with Crippen molar-refractivity contribution in [2.45, 2.75) is 26.7 Å². The lowest BCUT2D eigenvalue weighted by molar-refractivity contribution is -0.134. The van der Waals surface area contributed by atoms with Crippen LogP contribution >= 0.6 is 11.6 Å². The summed E-state index contributed by atoms with van der Waals surface area (Å²) in [6.07, 6.45) is 0. The van der Waals surface area contributed by atoms with Gasteiger partial charge in [0, 0.05) is 78.7 Å². The summed E-state index contributed by atoms with van der Waals surface area (Å²) in [7, 11) is 6.13. The van der Waals surface area contributed by atoms with Gasteiger partial charge in [-0.1, -0.05) is 15.5 Å². The number of ketones is 2. The predicted octanol–water partition coefficient (Wildman–Crippen LogP) is 4.68. The molecule has 0 atom stereocenters. The van der Waals surface area contributed by atoms with Crippen molar-refractivity contribution >= 4 is 81.0 Å². The van der Waals surface area contributed by atoms with Gasteiger partial charge in [0.05, 0.1) is 7.18 Å². The SMILES string of the molecule is CC(=O)C(C)=O.CC(F)(F)CF.CF.FS(F)(F)F.S=S=S=S=S=S. The Balaban J connectivity index is -0.0000000689. The molecule has 17 heteroatoms. The number of carbonyl (C=O) groups is 2. The molecule has 25 heavy (non-hydrogen) atoms. The molecular weight excluding hydrogens is 505 g/mol. The fraction of sp³-hybridized carbons (Fsp3) is 0.750. The van der Waals surface area contributed by atoms with Gasteiger partial charge in [-0.15, -0.1) is 0 Å². The van der Waals surface area contributed by atoms with Gasteiger partial charge in [-0.05, 0) is 0 Å². The number of rotatable bonds is 2. The smallest absolute Gasteiger partial charge is 0.291 e.